The molecule has 0 bridgehead atoms. The van der Waals surface area contributed by atoms with E-state index in [0.29, 0.717) is 27.8 Å². The average molecular weight is 927 g/mol. The second-order valence-corrected chi connectivity index (χ2v) is 18.3. The third-order valence-corrected chi connectivity index (χ3v) is 13.9. The minimum Gasteiger partial charge on any atom is -0.508 e. The lowest BCUT2D eigenvalue weighted by Crippen LogP contribution is -2.58. The summed E-state index contributed by atoms with van der Waals surface area (Å²) in [6, 6.07) is 33.0. The SMILES string of the molecule is COC(=O)[C@@H](NC(=O)N1C(=O)[C@@]2(c3cc(C#CC4=CCCCC4)ccc31)[C@H](C(=O)NC[C@H](O)c1ccccc1)[C@H]1C(=O)O[C@H](c3ccccc3)[C@H](c3ccccc3)N1[C@@H]2c1ccc(O)cc1)C(C)C. The fourth-order valence-electron chi connectivity index (χ4n) is 10.7. The van der Waals surface area contributed by atoms with Gasteiger partial charge in [-0.05, 0) is 95.3 Å². The summed E-state index contributed by atoms with van der Waals surface area (Å²) in [6.07, 6.45) is 3.77. The number of aromatic hydroxyl groups is 1. The summed E-state index contributed by atoms with van der Waals surface area (Å²) in [5.41, 5.74) is 2.02. The number of allylic oxidation sites excluding steroid dienone is 2. The van der Waals surface area contributed by atoms with Crippen molar-refractivity contribution < 1.29 is 43.7 Å². The van der Waals surface area contributed by atoms with Gasteiger partial charge in [-0.15, -0.1) is 0 Å². The van der Waals surface area contributed by atoms with Gasteiger partial charge in [0.05, 0.1) is 36.9 Å². The number of rotatable bonds is 10. The molecule has 3 aliphatic heterocycles. The number of nitrogens with one attached hydrogen (secondary N) is 2. The molecule has 352 valence electrons. The first-order chi connectivity index (χ1) is 33.4. The molecular formula is C56H54N4O9. The Kier molecular flexibility index (Phi) is 13.2. The Morgan fingerprint density at radius 2 is 1.49 bits per heavy atom. The van der Waals surface area contributed by atoms with Crippen LogP contribution in [0.2, 0.25) is 0 Å². The smallest absolute Gasteiger partial charge is 0.329 e. The van der Waals surface area contributed by atoms with Crippen LogP contribution in [0.4, 0.5) is 10.5 Å². The van der Waals surface area contributed by atoms with Crippen LogP contribution in [0.1, 0.15) is 97.2 Å². The van der Waals surface area contributed by atoms with E-state index in [1.807, 2.05) is 65.6 Å². The fraction of sp³-hybridized carbons (Fsp3) is 0.304. The van der Waals surface area contributed by atoms with Crippen LogP contribution in [0.5, 0.6) is 5.75 Å². The van der Waals surface area contributed by atoms with E-state index < -0.39 is 83.4 Å². The van der Waals surface area contributed by atoms with Gasteiger partial charge in [-0.2, -0.15) is 0 Å². The summed E-state index contributed by atoms with van der Waals surface area (Å²) in [7, 11) is 1.21. The zero-order chi connectivity index (χ0) is 48.4. The van der Waals surface area contributed by atoms with Crippen LogP contribution in [-0.2, 0) is 34.1 Å². The zero-order valence-electron chi connectivity index (χ0n) is 38.6. The second-order valence-electron chi connectivity index (χ2n) is 18.3. The highest BCUT2D eigenvalue weighted by atomic mass is 16.6. The number of carbonyl (C=O) groups is 5. The van der Waals surface area contributed by atoms with Gasteiger partial charge in [-0.25, -0.2) is 14.5 Å². The molecule has 0 saturated carbocycles. The maximum Gasteiger partial charge on any atom is 0.329 e. The molecule has 8 atom stereocenters. The van der Waals surface area contributed by atoms with Crippen molar-refractivity contribution in [2.24, 2.45) is 11.8 Å². The summed E-state index contributed by atoms with van der Waals surface area (Å²) >= 11 is 0. The number of aliphatic hydroxyl groups is 1. The maximum atomic E-state index is 16.6. The Bertz CT molecular complexity index is 2840. The molecule has 13 nitrogen and oxygen atoms in total. The molecule has 3 heterocycles. The van der Waals surface area contributed by atoms with E-state index in [1.54, 1.807) is 74.5 Å². The number of anilines is 1. The number of hydrogen-bond donors (Lipinski definition) is 4. The molecule has 5 aromatic carbocycles. The largest absolute Gasteiger partial charge is 0.508 e. The number of amides is 4. The maximum absolute atomic E-state index is 16.6. The van der Waals surface area contributed by atoms with Crippen molar-refractivity contribution in [2.45, 2.75) is 81.3 Å². The van der Waals surface area contributed by atoms with Crippen LogP contribution >= 0.6 is 0 Å². The molecule has 4 aliphatic rings. The van der Waals surface area contributed by atoms with Crippen molar-refractivity contribution in [1.82, 2.24) is 15.5 Å². The number of phenolic OH excluding ortho intramolecular Hbond substituents is 1. The lowest BCUT2D eigenvalue weighted by Gasteiger charge is -2.46. The number of urea groups is 1. The zero-order valence-corrected chi connectivity index (χ0v) is 38.6. The van der Waals surface area contributed by atoms with E-state index in [4.69, 9.17) is 9.47 Å². The first kappa shape index (κ1) is 46.6. The van der Waals surface area contributed by atoms with Crippen molar-refractivity contribution in [1.29, 1.82) is 0 Å². The van der Waals surface area contributed by atoms with Crippen LogP contribution in [-0.4, -0.2) is 70.6 Å². The molecule has 9 rings (SSSR count). The third kappa shape index (κ3) is 8.55. The summed E-state index contributed by atoms with van der Waals surface area (Å²) in [5.74, 6) is 1.32. The van der Waals surface area contributed by atoms with Crippen LogP contribution in [0.15, 0.2) is 145 Å². The van der Waals surface area contributed by atoms with E-state index in [9.17, 15) is 15.0 Å². The summed E-state index contributed by atoms with van der Waals surface area (Å²) in [5, 5.41) is 27.9. The molecule has 0 aromatic heterocycles. The quantitative estimate of drug-likeness (QED) is 0.0804. The van der Waals surface area contributed by atoms with Crippen LogP contribution in [0.25, 0.3) is 0 Å². The molecule has 69 heavy (non-hydrogen) atoms. The molecule has 2 saturated heterocycles. The summed E-state index contributed by atoms with van der Waals surface area (Å²) < 4.78 is 11.6. The van der Waals surface area contributed by atoms with E-state index in [-0.39, 0.29) is 23.5 Å². The Morgan fingerprint density at radius 1 is 0.826 bits per heavy atom. The fourth-order valence-corrected chi connectivity index (χ4v) is 10.7. The van der Waals surface area contributed by atoms with Gasteiger partial charge in [0.15, 0.2) is 0 Å². The van der Waals surface area contributed by atoms with Crippen LogP contribution in [0, 0.1) is 23.7 Å². The Hall–Kier alpha value is -7.53. The van der Waals surface area contributed by atoms with E-state index in [2.05, 4.69) is 28.6 Å². The normalized spacial score (nSPS) is 23.7. The van der Waals surface area contributed by atoms with Crippen molar-refractivity contribution in [3.05, 3.63) is 178 Å². The lowest BCUT2D eigenvalue weighted by atomic mass is 9.65. The van der Waals surface area contributed by atoms with E-state index in [0.717, 1.165) is 36.2 Å². The highest BCUT2D eigenvalue weighted by Crippen LogP contribution is 2.66. The molecule has 13 heteroatoms. The number of benzene rings is 5. The molecule has 5 aromatic rings. The average Bonchev–Trinajstić information content (AvgIpc) is 3.83. The number of fused-ring (bicyclic) bond motifs is 3. The molecule has 4 amide bonds. The molecule has 1 aliphatic carbocycles. The van der Waals surface area contributed by atoms with Crippen molar-refractivity contribution in [3.8, 4) is 17.6 Å². The van der Waals surface area contributed by atoms with Gasteiger partial charge in [0, 0.05) is 12.1 Å². The standard InChI is InChI=1S/C56H54N4O9/c1-34(2)46(52(64)68-3)58-55(67)59-43-31-26-36(25-24-35-16-8-4-9-17-35)32-42(43)56(54(59)66)45(51(63)57-33-44(62)37-18-10-5-11-19-37)48-53(65)69-49(39-22-14-7-15-23-39)47(38-20-12-6-13-21-38)60(48)50(56)40-27-29-41(61)30-28-40/h5-7,10-16,18-23,26-32,34,44-50,61-62H,4,8-9,17,33H2,1-3H3,(H,57,63)(H,58,67)/t44-,45-,46-,47-,48-,49+,50+,56-/m0/s1. The predicted octanol–water partition coefficient (Wildman–Crippen LogP) is 7.67. The number of cyclic esters (lactones) is 1. The van der Waals surface area contributed by atoms with Gasteiger partial charge in [-0.1, -0.05) is 135 Å². The molecule has 4 N–H and O–H groups in total. The van der Waals surface area contributed by atoms with Gasteiger partial charge in [0.1, 0.15) is 29.4 Å². The van der Waals surface area contributed by atoms with Gasteiger partial charge in [-0.3, -0.25) is 19.3 Å². The number of phenols is 1. The number of ether oxygens (including phenoxy) is 2. The molecular weight excluding hydrogens is 873 g/mol. The van der Waals surface area contributed by atoms with E-state index in [1.165, 1.54) is 19.2 Å². The molecule has 0 unspecified atom stereocenters. The Labute approximate surface area is 401 Å². The number of morpholine rings is 1. The number of nitrogens with zero attached hydrogens (tertiary/aromatic N) is 2. The van der Waals surface area contributed by atoms with Crippen LogP contribution < -0.4 is 15.5 Å². The third-order valence-electron chi connectivity index (χ3n) is 13.9. The Morgan fingerprint density at radius 3 is 2.13 bits per heavy atom. The number of hydrogen-bond acceptors (Lipinski definition) is 10. The van der Waals surface area contributed by atoms with Crippen molar-refractivity contribution in [2.75, 3.05) is 18.6 Å². The molecule has 1 spiro atoms. The highest BCUT2D eigenvalue weighted by molar-refractivity contribution is 6.25. The van der Waals surface area contributed by atoms with Crippen LogP contribution in [0.3, 0.4) is 0 Å². The monoisotopic (exact) mass is 926 g/mol. The van der Waals surface area contributed by atoms with Gasteiger partial charge in [0.25, 0.3) is 0 Å². The number of carbonyl (C=O) groups excluding carboxylic acids is 5. The van der Waals surface area contributed by atoms with Gasteiger partial charge in [0.2, 0.25) is 11.8 Å². The van der Waals surface area contributed by atoms with E-state index >= 15 is 19.2 Å². The van der Waals surface area contributed by atoms with Crippen molar-refractivity contribution in [3.63, 3.8) is 0 Å². The van der Waals surface area contributed by atoms with Crippen molar-refractivity contribution >= 4 is 35.5 Å². The van der Waals surface area contributed by atoms with Gasteiger partial charge >= 0.3 is 18.0 Å². The minimum absolute atomic E-state index is 0.0670. The summed E-state index contributed by atoms with van der Waals surface area (Å²) in [6.45, 7) is 3.17. The highest BCUT2D eigenvalue weighted by Gasteiger charge is 2.75. The number of aliphatic hydroxyl groups excluding tert-OH is 1. The minimum atomic E-state index is -2.13. The molecule has 2 fully saturated rings. The number of esters is 2. The number of imide groups is 1. The number of methoxy groups -OCH3 is 1. The Balaban J connectivity index is 1.33. The van der Waals surface area contributed by atoms with Gasteiger partial charge < -0.3 is 30.3 Å². The molecule has 0 radical (unpaired) electrons. The lowest BCUT2D eigenvalue weighted by molar-refractivity contribution is -0.178. The topological polar surface area (TPSA) is 175 Å². The second kappa shape index (κ2) is 19.6. The first-order valence-electron chi connectivity index (χ1n) is 23.4. The summed E-state index contributed by atoms with van der Waals surface area (Å²) in [4.78, 5) is 78.7. The first-order valence-corrected chi connectivity index (χ1v) is 23.4. The predicted molar refractivity (Wildman–Crippen MR) is 257 cm³/mol.